The molecule has 78 heavy (non-hydrogen) atoms. The first-order chi connectivity index (χ1) is 38.7. The van der Waals surface area contributed by atoms with Gasteiger partial charge < -0.3 is 0 Å². The number of aromatic nitrogens is 2. The minimum atomic E-state index is -0.688. The molecule has 0 fully saturated rings. The maximum Gasteiger partial charge on any atom is 0.101 e. The summed E-state index contributed by atoms with van der Waals surface area (Å²) in [7, 11) is 0. The number of fused-ring (bicyclic) bond motifs is 28. The van der Waals surface area contributed by atoms with Gasteiger partial charge in [0.1, 0.15) is 10.0 Å². The third-order valence-electron chi connectivity index (χ3n) is 17.3. The molecule has 6 aromatic heterocycles. The lowest BCUT2D eigenvalue weighted by atomic mass is 9.55. The van der Waals surface area contributed by atoms with E-state index in [0.29, 0.717) is 0 Å². The van der Waals surface area contributed by atoms with E-state index in [2.05, 4.69) is 240 Å². The van der Waals surface area contributed by atoms with Gasteiger partial charge in [-0.15, -0.1) is 45.3 Å². The van der Waals surface area contributed by atoms with Crippen molar-refractivity contribution in [1.29, 1.82) is 0 Å². The summed E-state index contributed by atoms with van der Waals surface area (Å²) in [6.07, 6.45) is 0. The Kier molecular flexibility index (Phi) is 8.64. The first kappa shape index (κ1) is 43.3. The van der Waals surface area contributed by atoms with Crippen molar-refractivity contribution in [3.8, 4) is 10.0 Å². The minimum absolute atomic E-state index is 0.688. The fourth-order valence-electron chi connectivity index (χ4n) is 14.4. The fourth-order valence-corrected chi connectivity index (χ4v) is 21.9. The van der Waals surface area contributed by atoms with E-state index in [-0.39, 0.29) is 0 Å². The molecule has 0 amide bonds. The van der Waals surface area contributed by atoms with Crippen molar-refractivity contribution in [2.75, 3.05) is 0 Å². The molecular weight excluding hydrogens is 1060 g/mol. The molecule has 364 valence electrons. The number of rotatable bonds is 2. The van der Waals surface area contributed by atoms with Crippen molar-refractivity contribution < 1.29 is 0 Å². The highest BCUT2D eigenvalue weighted by atomic mass is 32.2. The minimum Gasteiger partial charge on any atom is -0.300 e. The van der Waals surface area contributed by atoms with Crippen molar-refractivity contribution >= 4 is 153 Å². The predicted octanol–water partition coefficient (Wildman–Crippen LogP) is 20.7. The number of benzene rings is 10. The topological polar surface area (TPSA) is 9.86 Å². The van der Waals surface area contributed by atoms with Gasteiger partial charge in [0.25, 0.3) is 0 Å². The average molecular weight is 1100 g/mol. The Hall–Kier alpha value is -7.66. The standard InChI is InChI=1S/C70H38N2S6/c1-9-25-51-39(17-1)41-33-35-59-63(43-19-3-11-27-53(43)73-59)65(41)71(51)61-37-49-67(77-61)70(47-23-7-15-31-57(47)76-58-32-16-8-24-48(58)70)50-38-62(78-68(50)69(49)45-21-5-13-29-55(45)75-56-30-14-6-22-46(56)69)72-52-26-10-2-18-40(52)42-34-36-60-64(66(42)72)44-20-4-12-28-54(44)74-60/h1-38H. The Bertz CT molecular complexity index is 4850. The second-order valence-corrected chi connectivity index (χ2v) is 27.3. The highest BCUT2D eigenvalue weighted by Crippen LogP contribution is 2.70. The summed E-state index contributed by atoms with van der Waals surface area (Å²) in [4.78, 5) is 7.98. The highest BCUT2D eigenvalue weighted by Gasteiger charge is 2.60. The maximum atomic E-state index is 2.67. The van der Waals surface area contributed by atoms with Crippen LogP contribution in [0.1, 0.15) is 43.1 Å². The van der Waals surface area contributed by atoms with Crippen LogP contribution in [0.5, 0.6) is 0 Å². The van der Waals surface area contributed by atoms with Crippen LogP contribution in [0.25, 0.3) is 94.0 Å². The fraction of sp³-hybridized carbons (Fsp3) is 0.0286. The Balaban J connectivity index is 1.03. The number of hydrogen-bond acceptors (Lipinski definition) is 6. The lowest BCUT2D eigenvalue weighted by molar-refractivity contribution is 0.609. The van der Waals surface area contributed by atoms with Crippen molar-refractivity contribution in [2.24, 2.45) is 0 Å². The van der Waals surface area contributed by atoms with Gasteiger partial charge in [-0.2, -0.15) is 0 Å². The summed E-state index contributed by atoms with van der Waals surface area (Å²) < 4.78 is 10.6. The summed E-state index contributed by atoms with van der Waals surface area (Å²) in [6, 6.07) is 88.6. The molecule has 2 nitrogen and oxygen atoms in total. The molecule has 0 bridgehead atoms. The molecule has 16 aromatic rings. The highest BCUT2D eigenvalue weighted by molar-refractivity contribution is 7.99. The molecule has 3 aliphatic rings. The van der Waals surface area contributed by atoms with Crippen LogP contribution >= 0.6 is 68.9 Å². The van der Waals surface area contributed by atoms with Crippen LogP contribution in [0.3, 0.4) is 0 Å². The Morgan fingerprint density at radius 2 is 0.615 bits per heavy atom. The van der Waals surface area contributed by atoms with Crippen molar-refractivity contribution in [2.45, 2.75) is 30.4 Å². The lowest BCUT2D eigenvalue weighted by Gasteiger charge is -2.51. The molecule has 10 aromatic carbocycles. The Morgan fingerprint density at radius 1 is 0.269 bits per heavy atom. The van der Waals surface area contributed by atoms with Gasteiger partial charge in [-0.3, -0.25) is 9.13 Å². The molecule has 19 rings (SSSR count). The Morgan fingerprint density at radius 3 is 1.03 bits per heavy atom. The zero-order valence-corrected chi connectivity index (χ0v) is 46.2. The predicted molar refractivity (Wildman–Crippen MR) is 335 cm³/mol. The van der Waals surface area contributed by atoms with Crippen molar-refractivity contribution in [1.82, 2.24) is 9.13 Å². The lowest BCUT2D eigenvalue weighted by Crippen LogP contribution is -2.45. The molecule has 8 heterocycles. The monoisotopic (exact) mass is 1100 g/mol. The summed E-state index contributed by atoms with van der Waals surface area (Å²) in [5.41, 5.74) is 11.8. The zero-order chi connectivity index (χ0) is 50.6. The number of thiophene rings is 4. The normalized spacial score (nSPS) is 14.8. The van der Waals surface area contributed by atoms with Crippen LogP contribution in [0.4, 0.5) is 0 Å². The molecule has 0 atom stereocenters. The zero-order valence-electron chi connectivity index (χ0n) is 41.3. The molecule has 2 aliphatic heterocycles. The van der Waals surface area contributed by atoms with Crippen LogP contribution in [0.2, 0.25) is 0 Å². The van der Waals surface area contributed by atoms with Gasteiger partial charge >= 0.3 is 0 Å². The van der Waals surface area contributed by atoms with Gasteiger partial charge in [-0.05, 0) is 106 Å². The average Bonchev–Trinajstić information content (AvgIpc) is 3.48. The van der Waals surface area contributed by atoms with Crippen LogP contribution in [-0.4, -0.2) is 9.13 Å². The van der Waals surface area contributed by atoms with E-state index in [9.17, 15) is 0 Å². The molecule has 0 saturated heterocycles. The van der Waals surface area contributed by atoms with Crippen LogP contribution in [0.15, 0.2) is 250 Å². The van der Waals surface area contributed by atoms with Gasteiger partial charge in [0.15, 0.2) is 0 Å². The van der Waals surface area contributed by atoms with Crippen molar-refractivity contribution in [3.63, 3.8) is 0 Å². The smallest absolute Gasteiger partial charge is 0.101 e. The Labute approximate surface area is 472 Å². The largest absolute Gasteiger partial charge is 0.300 e. The van der Waals surface area contributed by atoms with Crippen LogP contribution in [-0.2, 0) is 10.8 Å². The van der Waals surface area contributed by atoms with Crippen LogP contribution in [0, 0.1) is 0 Å². The molecule has 0 N–H and O–H groups in total. The molecule has 0 saturated carbocycles. The molecule has 0 unspecified atom stereocenters. The molecule has 8 heteroatoms. The SMILES string of the molecule is c1ccc2c(c1)Sc1ccccc1C21c2cc(-n3c4ccccc4c4ccc5sc6ccccc6c5c43)sc2C2(c3ccccc3Sc3ccccc32)c2cc(-n3c4ccccc4c4ccc5sc6ccccc6c5c43)sc21. The van der Waals surface area contributed by atoms with E-state index < -0.39 is 10.8 Å². The van der Waals surface area contributed by atoms with E-state index in [4.69, 9.17) is 0 Å². The third-order valence-corrected chi connectivity index (χ3v) is 24.4. The first-order valence-corrected chi connectivity index (χ1v) is 31.3. The van der Waals surface area contributed by atoms with Gasteiger partial charge in [0, 0.05) is 91.2 Å². The molecule has 1 aliphatic carbocycles. The summed E-state index contributed by atoms with van der Waals surface area (Å²) in [5, 5.41) is 12.9. The summed E-state index contributed by atoms with van der Waals surface area (Å²) in [6.45, 7) is 0. The number of hydrogen-bond donors (Lipinski definition) is 0. The van der Waals surface area contributed by atoms with E-state index in [0.717, 1.165) is 0 Å². The quantitative estimate of drug-likeness (QED) is 0.171. The maximum absolute atomic E-state index is 2.67. The van der Waals surface area contributed by atoms with Crippen molar-refractivity contribution in [3.05, 3.63) is 274 Å². The second kappa shape index (κ2) is 15.5. The molecule has 2 spiro atoms. The van der Waals surface area contributed by atoms with Gasteiger partial charge in [0.2, 0.25) is 0 Å². The third kappa shape index (κ3) is 5.28. The number of nitrogens with zero attached hydrogens (tertiary/aromatic N) is 2. The molecular formula is C70H38N2S6. The van der Waals surface area contributed by atoms with Gasteiger partial charge in [-0.25, -0.2) is 0 Å². The molecule has 0 radical (unpaired) electrons. The number of para-hydroxylation sites is 2. The summed E-state index contributed by atoms with van der Waals surface area (Å²) in [5.74, 6) is 0. The van der Waals surface area contributed by atoms with E-state index in [1.807, 2.05) is 68.9 Å². The van der Waals surface area contributed by atoms with E-state index in [1.165, 1.54) is 157 Å². The second-order valence-electron chi connectivity index (χ2n) is 20.9. The van der Waals surface area contributed by atoms with E-state index in [1.54, 1.807) is 0 Å². The van der Waals surface area contributed by atoms with Gasteiger partial charge in [-0.1, -0.05) is 181 Å². The first-order valence-electron chi connectivity index (χ1n) is 26.4. The summed E-state index contributed by atoms with van der Waals surface area (Å²) >= 11 is 11.7. The van der Waals surface area contributed by atoms with Crippen LogP contribution < -0.4 is 0 Å². The van der Waals surface area contributed by atoms with E-state index >= 15 is 0 Å². The van der Waals surface area contributed by atoms with Gasteiger partial charge in [0.05, 0.1) is 32.9 Å².